The highest BCUT2D eigenvalue weighted by Gasteiger charge is 2.08. The van der Waals surface area contributed by atoms with E-state index in [-0.39, 0.29) is 6.61 Å². The first-order valence-electron chi connectivity index (χ1n) is 5.37. The Morgan fingerprint density at radius 1 is 1.18 bits per heavy atom. The van der Waals surface area contributed by atoms with Crippen LogP contribution in [0.15, 0.2) is 21.1 Å². The van der Waals surface area contributed by atoms with E-state index in [4.69, 9.17) is 9.84 Å². The lowest BCUT2D eigenvalue weighted by Gasteiger charge is -2.10. The first-order chi connectivity index (χ1) is 8.19. The molecule has 0 unspecified atom stereocenters. The van der Waals surface area contributed by atoms with Gasteiger partial charge in [-0.1, -0.05) is 0 Å². The maximum Gasteiger partial charge on any atom is 0.150 e. The van der Waals surface area contributed by atoms with Gasteiger partial charge in [-0.05, 0) is 63.3 Å². The van der Waals surface area contributed by atoms with Crippen LogP contribution in [0.2, 0.25) is 0 Å². The highest BCUT2D eigenvalue weighted by atomic mass is 79.9. The van der Waals surface area contributed by atoms with Crippen molar-refractivity contribution in [3.8, 4) is 5.75 Å². The van der Waals surface area contributed by atoms with Crippen molar-refractivity contribution in [1.29, 1.82) is 0 Å². The molecule has 94 valence electrons. The van der Waals surface area contributed by atoms with Gasteiger partial charge in [-0.2, -0.15) is 0 Å². The van der Waals surface area contributed by atoms with Gasteiger partial charge in [0.1, 0.15) is 12.0 Å². The molecule has 17 heavy (non-hydrogen) atoms. The maximum absolute atomic E-state index is 10.6. The number of aliphatic hydroxyl groups is 1. The summed E-state index contributed by atoms with van der Waals surface area (Å²) in [5.74, 6) is 0.708. The van der Waals surface area contributed by atoms with Gasteiger partial charge in [-0.3, -0.25) is 4.79 Å². The third kappa shape index (κ3) is 4.77. The molecule has 0 saturated carbocycles. The fraction of sp³-hybridized carbons (Fsp3) is 0.417. The van der Waals surface area contributed by atoms with Crippen LogP contribution in [0.1, 0.15) is 29.6 Å². The molecule has 0 atom stereocenters. The van der Waals surface area contributed by atoms with Gasteiger partial charge in [0, 0.05) is 12.2 Å². The Hall–Kier alpha value is -0.390. The van der Waals surface area contributed by atoms with Crippen LogP contribution in [0.5, 0.6) is 5.75 Å². The molecule has 5 heteroatoms. The van der Waals surface area contributed by atoms with E-state index in [1.807, 2.05) is 0 Å². The van der Waals surface area contributed by atoms with E-state index >= 15 is 0 Å². The van der Waals surface area contributed by atoms with Crippen molar-refractivity contribution in [3.05, 3.63) is 26.6 Å². The summed E-state index contributed by atoms with van der Waals surface area (Å²) < 4.78 is 7.14. The number of aldehydes is 1. The fourth-order valence-electron chi connectivity index (χ4n) is 1.35. The molecule has 1 N–H and O–H groups in total. The lowest BCUT2D eigenvalue weighted by molar-refractivity contribution is 0.112. The molecule has 1 rings (SSSR count). The fourth-order valence-corrected chi connectivity index (χ4v) is 2.80. The SMILES string of the molecule is O=Cc1cc(Br)c(OCCCCCO)c(Br)c1. The van der Waals surface area contributed by atoms with Crippen molar-refractivity contribution in [1.82, 2.24) is 0 Å². The largest absolute Gasteiger partial charge is 0.491 e. The molecule has 0 bridgehead atoms. The monoisotopic (exact) mass is 364 g/mol. The molecule has 0 aliphatic rings. The average Bonchev–Trinajstić information content (AvgIpc) is 2.31. The second kappa shape index (κ2) is 7.84. The minimum Gasteiger partial charge on any atom is -0.491 e. The number of aliphatic hydroxyl groups excluding tert-OH is 1. The molecule has 0 spiro atoms. The van der Waals surface area contributed by atoms with Gasteiger partial charge in [0.15, 0.2) is 0 Å². The quantitative estimate of drug-likeness (QED) is 0.593. The predicted octanol–water partition coefficient (Wildman–Crippen LogP) is 3.57. The first kappa shape index (κ1) is 14.7. The number of ether oxygens (including phenoxy) is 1. The van der Waals surface area contributed by atoms with E-state index < -0.39 is 0 Å². The zero-order chi connectivity index (χ0) is 12.7. The molecular formula is C12H14Br2O3. The van der Waals surface area contributed by atoms with E-state index in [2.05, 4.69) is 31.9 Å². The number of rotatable bonds is 7. The van der Waals surface area contributed by atoms with Crippen molar-refractivity contribution in [2.45, 2.75) is 19.3 Å². The van der Waals surface area contributed by atoms with Gasteiger partial charge in [0.25, 0.3) is 0 Å². The Bertz CT molecular complexity index is 357. The summed E-state index contributed by atoms with van der Waals surface area (Å²) in [6, 6.07) is 3.45. The Morgan fingerprint density at radius 2 is 1.82 bits per heavy atom. The van der Waals surface area contributed by atoms with Crippen LogP contribution in [0.3, 0.4) is 0 Å². The van der Waals surface area contributed by atoms with Gasteiger partial charge < -0.3 is 9.84 Å². The number of hydrogen-bond donors (Lipinski definition) is 1. The summed E-state index contributed by atoms with van der Waals surface area (Å²) in [6.07, 6.45) is 3.43. The molecule has 0 aromatic heterocycles. The van der Waals surface area contributed by atoms with Crippen LogP contribution < -0.4 is 4.74 Å². The standard InChI is InChI=1S/C12H14Br2O3/c13-10-6-9(8-16)7-11(14)12(10)17-5-3-1-2-4-15/h6-8,15H,1-5H2. The van der Waals surface area contributed by atoms with Gasteiger partial charge in [0.05, 0.1) is 15.6 Å². The molecule has 1 aromatic rings. The molecule has 0 aliphatic heterocycles. The predicted molar refractivity (Wildman–Crippen MR) is 73.7 cm³/mol. The highest BCUT2D eigenvalue weighted by Crippen LogP contribution is 2.34. The topological polar surface area (TPSA) is 46.5 Å². The number of hydrogen-bond acceptors (Lipinski definition) is 3. The van der Waals surface area contributed by atoms with Crippen molar-refractivity contribution >= 4 is 38.1 Å². The molecule has 0 aliphatic carbocycles. The van der Waals surface area contributed by atoms with E-state index in [1.165, 1.54) is 0 Å². The minimum absolute atomic E-state index is 0.224. The normalized spacial score (nSPS) is 10.3. The molecule has 3 nitrogen and oxygen atoms in total. The number of carbonyl (C=O) groups is 1. The van der Waals surface area contributed by atoms with E-state index in [0.717, 1.165) is 34.5 Å². The second-order valence-corrected chi connectivity index (χ2v) is 5.27. The van der Waals surface area contributed by atoms with Gasteiger partial charge in [-0.15, -0.1) is 0 Å². The van der Waals surface area contributed by atoms with Crippen LogP contribution in [0, 0.1) is 0 Å². The average molecular weight is 366 g/mol. The summed E-state index contributed by atoms with van der Waals surface area (Å²) in [5, 5.41) is 8.64. The van der Waals surface area contributed by atoms with Crippen LogP contribution in [-0.2, 0) is 0 Å². The Morgan fingerprint density at radius 3 is 2.35 bits per heavy atom. The molecule has 0 heterocycles. The second-order valence-electron chi connectivity index (χ2n) is 3.56. The lowest BCUT2D eigenvalue weighted by Crippen LogP contribution is -2.00. The number of halogens is 2. The van der Waals surface area contributed by atoms with Crippen LogP contribution in [0.4, 0.5) is 0 Å². The molecule has 0 amide bonds. The molecule has 0 radical (unpaired) electrons. The van der Waals surface area contributed by atoms with Gasteiger partial charge >= 0.3 is 0 Å². The van der Waals surface area contributed by atoms with Crippen molar-refractivity contribution in [2.75, 3.05) is 13.2 Å². The van der Waals surface area contributed by atoms with E-state index in [1.54, 1.807) is 12.1 Å². The van der Waals surface area contributed by atoms with Gasteiger partial charge in [0.2, 0.25) is 0 Å². The van der Waals surface area contributed by atoms with Gasteiger partial charge in [-0.25, -0.2) is 0 Å². The van der Waals surface area contributed by atoms with Crippen LogP contribution in [0.25, 0.3) is 0 Å². The van der Waals surface area contributed by atoms with E-state index in [0.29, 0.717) is 17.9 Å². The molecular weight excluding hydrogens is 352 g/mol. The third-order valence-corrected chi connectivity index (χ3v) is 3.38. The van der Waals surface area contributed by atoms with E-state index in [9.17, 15) is 4.79 Å². The number of benzene rings is 1. The summed E-state index contributed by atoms with van der Waals surface area (Å²) in [4.78, 5) is 10.6. The lowest BCUT2D eigenvalue weighted by atomic mass is 10.2. The summed E-state index contributed by atoms with van der Waals surface area (Å²) in [7, 11) is 0. The molecule has 0 fully saturated rings. The molecule has 0 saturated heterocycles. The highest BCUT2D eigenvalue weighted by molar-refractivity contribution is 9.11. The maximum atomic E-state index is 10.6. The van der Waals surface area contributed by atoms with Crippen LogP contribution >= 0.6 is 31.9 Å². The molecule has 1 aromatic carbocycles. The minimum atomic E-state index is 0.224. The number of carbonyl (C=O) groups excluding carboxylic acids is 1. The summed E-state index contributed by atoms with van der Waals surface area (Å²) in [6.45, 7) is 0.819. The first-order valence-corrected chi connectivity index (χ1v) is 6.95. The Kier molecular flexibility index (Phi) is 6.77. The van der Waals surface area contributed by atoms with Crippen LogP contribution in [-0.4, -0.2) is 24.6 Å². The van der Waals surface area contributed by atoms with Crippen molar-refractivity contribution < 1.29 is 14.6 Å². The Labute approximate surface area is 117 Å². The summed E-state index contributed by atoms with van der Waals surface area (Å²) in [5.41, 5.74) is 0.594. The summed E-state index contributed by atoms with van der Waals surface area (Å²) >= 11 is 6.74. The number of unbranched alkanes of at least 4 members (excludes halogenated alkanes) is 2. The van der Waals surface area contributed by atoms with Crippen molar-refractivity contribution in [2.24, 2.45) is 0 Å². The Balaban J connectivity index is 2.56. The smallest absolute Gasteiger partial charge is 0.150 e. The zero-order valence-corrected chi connectivity index (χ0v) is 12.5. The third-order valence-electron chi connectivity index (χ3n) is 2.21. The zero-order valence-electron chi connectivity index (χ0n) is 9.29. The van der Waals surface area contributed by atoms with Crippen molar-refractivity contribution in [3.63, 3.8) is 0 Å².